The van der Waals surface area contributed by atoms with Crippen LogP contribution in [0.1, 0.15) is 44.2 Å². The van der Waals surface area contributed by atoms with Gasteiger partial charge in [0.2, 0.25) is 0 Å². The Kier molecular flexibility index (Phi) is 6.34. The van der Waals surface area contributed by atoms with Crippen LogP contribution in [0.3, 0.4) is 0 Å². The molecule has 0 aliphatic heterocycles. The third kappa shape index (κ3) is 5.76. The maximum atomic E-state index is 11.4. The molecule has 0 amide bonds. The normalized spacial score (nSPS) is 10.6. The average molecular weight is 246 g/mol. The van der Waals surface area contributed by atoms with Gasteiger partial charge >= 0.3 is 0 Å². The Morgan fingerprint density at radius 3 is 2.28 bits per heavy atom. The summed E-state index contributed by atoms with van der Waals surface area (Å²) in [6, 6.07) is 8.49. The van der Waals surface area contributed by atoms with E-state index in [1.807, 2.05) is 0 Å². The van der Waals surface area contributed by atoms with Crippen molar-refractivity contribution in [1.82, 2.24) is 0 Å². The minimum atomic E-state index is 0.174. The molecule has 1 aromatic rings. The van der Waals surface area contributed by atoms with Gasteiger partial charge in [-0.2, -0.15) is 0 Å². The predicted molar refractivity (Wildman–Crippen MR) is 73.6 cm³/mol. The summed E-state index contributed by atoms with van der Waals surface area (Å²) >= 11 is 0. The van der Waals surface area contributed by atoms with Crippen molar-refractivity contribution in [3.63, 3.8) is 0 Å². The van der Waals surface area contributed by atoms with Gasteiger partial charge in [-0.25, -0.2) is 0 Å². The highest BCUT2D eigenvalue weighted by Crippen LogP contribution is 2.11. The Bertz CT molecular complexity index is 377. The summed E-state index contributed by atoms with van der Waals surface area (Å²) in [7, 11) is 0. The highest BCUT2D eigenvalue weighted by Gasteiger charge is 2.03. The summed E-state index contributed by atoms with van der Waals surface area (Å²) in [6.07, 6.45) is 3.95. The van der Waals surface area contributed by atoms with Gasteiger partial charge in [0.05, 0.1) is 0 Å². The smallest absolute Gasteiger partial charge is 0.133 e. The van der Waals surface area contributed by atoms with Gasteiger partial charge in [-0.3, -0.25) is 4.79 Å². The van der Waals surface area contributed by atoms with Crippen molar-refractivity contribution in [2.75, 3.05) is 0 Å². The molecule has 0 aliphatic rings. The lowest BCUT2D eigenvalue weighted by Gasteiger charge is -2.06. The molecule has 0 radical (unpaired) electrons. The van der Waals surface area contributed by atoms with Crippen LogP contribution in [0.25, 0.3) is 0 Å². The van der Waals surface area contributed by atoms with E-state index in [2.05, 4.69) is 38.1 Å². The maximum absolute atomic E-state index is 11.4. The van der Waals surface area contributed by atoms with Gasteiger partial charge in [0.15, 0.2) is 0 Å². The lowest BCUT2D eigenvalue weighted by atomic mass is 9.99. The molecule has 1 aromatic carbocycles. The fraction of sp³-hybridized carbons (Fsp3) is 0.500. The van der Waals surface area contributed by atoms with Gasteiger partial charge in [-0.05, 0) is 29.9 Å². The number of Topliss-reactive ketones (excluding diaryl/α,β-unsaturated/α-hetero) is 1. The Morgan fingerprint density at radius 2 is 1.72 bits per heavy atom. The number of hydrogen-bond donors (Lipinski definition) is 0. The van der Waals surface area contributed by atoms with Gasteiger partial charge in [-0.1, -0.05) is 38.1 Å². The Labute approximate surface area is 109 Å². The first-order valence-electron chi connectivity index (χ1n) is 6.65. The van der Waals surface area contributed by atoms with Crippen molar-refractivity contribution < 1.29 is 9.59 Å². The molecule has 0 aromatic heterocycles. The fourth-order valence-electron chi connectivity index (χ4n) is 1.94. The zero-order valence-corrected chi connectivity index (χ0v) is 11.3. The van der Waals surface area contributed by atoms with Gasteiger partial charge in [0, 0.05) is 19.3 Å². The van der Waals surface area contributed by atoms with E-state index in [9.17, 15) is 9.59 Å². The van der Waals surface area contributed by atoms with Crippen LogP contribution in [-0.2, 0) is 22.4 Å². The number of aldehydes is 1. The number of hydrogen-bond acceptors (Lipinski definition) is 2. The number of aryl methyl sites for hydroxylation is 1. The van der Waals surface area contributed by atoms with Crippen molar-refractivity contribution in [1.29, 1.82) is 0 Å². The van der Waals surface area contributed by atoms with Crippen molar-refractivity contribution in [3.05, 3.63) is 35.4 Å². The molecule has 0 spiro atoms. The summed E-state index contributed by atoms with van der Waals surface area (Å²) in [6.45, 7) is 4.42. The monoisotopic (exact) mass is 246 g/mol. The lowest BCUT2D eigenvalue weighted by molar-refractivity contribution is -0.120. The second kappa shape index (κ2) is 7.80. The second-order valence-electron chi connectivity index (χ2n) is 5.16. The van der Waals surface area contributed by atoms with Gasteiger partial charge in [-0.15, -0.1) is 0 Å². The van der Waals surface area contributed by atoms with Crippen molar-refractivity contribution in [3.8, 4) is 0 Å². The topological polar surface area (TPSA) is 34.1 Å². The first kappa shape index (κ1) is 14.6. The minimum absolute atomic E-state index is 0.174. The SMILES string of the molecule is CC(C)Cc1ccc(CCC(=O)CCC=O)cc1. The van der Waals surface area contributed by atoms with Crippen molar-refractivity contribution >= 4 is 12.1 Å². The molecular formula is C16H22O2. The van der Waals surface area contributed by atoms with E-state index in [0.29, 0.717) is 25.2 Å². The average Bonchev–Trinajstić information content (AvgIpc) is 2.35. The fourth-order valence-corrected chi connectivity index (χ4v) is 1.94. The molecular weight excluding hydrogens is 224 g/mol. The molecule has 18 heavy (non-hydrogen) atoms. The predicted octanol–water partition coefficient (Wildman–Crippen LogP) is 3.37. The molecule has 0 saturated carbocycles. The molecule has 0 heterocycles. The van der Waals surface area contributed by atoms with Crippen molar-refractivity contribution in [2.24, 2.45) is 5.92 Å². The number of carbonyl (C=O) groups is 2. The number of ketones is 1. The molecule has 0 N–H and O–H groups in total. The highest BCUT2D eigenvalue weighted by atomic mass is 16.1. The standard InChI is InChI=1S/C16H22O2/c1-13(2)12-15-7-5-14(6-8-15)9-10-16(18)4-3-11-17/h5-8,11,13H,3-4,9-10,12H2,1-2H3. The molecule has 0 unspecified atom stereocenters. The van der Waals surface area contributed by atoms with E-state index >= 15 is 0 Å². The highest BCUT2D eigenvalue weighted by molar-refractivity contribution is 5.80. The summed E-state index contributed by atoms with van der Waals surface area (Å²) < 4.78 is 0. The van der Waals surface area contributed by atoms with E-state index in [1.165, 1.54) is 11.1 Å². The molecule has 2 nitrogen and oxygen atoms in total. The van der Waals surface area contributed by atoms with Crippen LogP contribution in [-0.4, -0.2) is 12.1 Å². The van der Waals surface area contributed by atoms with Gasteiger partial charge in [0.25, 0.3) is 0 Å². The zero-order valence-electron chi connectivity index (χ0n) is 11.3. The number of rotatable bonds is 8. The molecule has 1 rings (SSSR count). The molecule has 98 valence electrons. The van der Waals surface area contributed by atoms with Crippen LogP contribution in [0, 0.1) is 5.92 Å². The van der Waals surface area contributed by atoms with Crippen LogP contribution in [0.5, 0.6) is 0 Å². The van der Waals surface area contributed by atoms with E-state index in [1.54, 1.807) is 0 Å². The zero-order chi connectivity index (χ0) is 13.4. The van der Waals surface area contributed by atoms with Crippen LogP contribution in [0.2, 0.25) is 0 Å². The van der Waals surface area contributed by atoms with E-state index in [0.717, 1.165) is 19.1 Å². The molecule has 2 heteroatoms. The van der Waals surface area contributed by atoms with E-state index < -0.39 is 0 Å². The third-order valence-electron chi connectivity index (χ3n) is 2.90. The Hall–Kier alpha value is -1.44. The summed E-state index contributed by atoms with van der Waals surface area (Å²) in [4.78, 5) is 21.6. The number of carbonyl (C=O) groups excluding carboxylic acids is 2. The Balaban J connectivity index is 2.39. The number of benzene rings is 1. The molecule has 0 atom stereocenters. The van der Waals surface area contributed by atoms with Crippen LogP contribution >= 0.6 is 0 Å². The second-order valence-corrected chi connectivity index (χ2v) is 5.16. The van der Waals surface area contributed by atoms with Crippen LogP contribution in [0.4, 0.5) is 0 Å². The molecule has 0 bridgehead atoms. The first-order chi connectivity index (χ1) is 8.61. The van der Waals surface area contributed by atoms with E-state index in [-0.39, 0.29) is 5.78 Å². The molecule has 0 saturated heterocycles. The Morgan fingerprint density at radius 1 is 1.11 bits per heavy atom. The van der Waals surface area contributed by atoms with Crippen LogP contribution < -0.4 is 0 Å². The summed E-state index contributed by atoms with van der Waals surface area (Å²) in [5.41, 5.74) is 2.54. The van der Waals surface area contributed by atoms with Gasteiger partial charge < -0.3 is 4.79 Å². The van der Waals surface area contributed by atoms with Gasteiger partial charge in [0.1, 0.15) is 12.1 Å². The minimum Gasteiger partial charge on any atom is -0.303 e. The largest absolute Gasteiger partial charge is 0.303 e. The first-order valence-corrected chi connectivity index (χ1v) is 6.65. The van der Waals surface area contributed by atoms with Crippen LogP contribution in [0.15, 0.2) is 24.3 Å². The molecule has 0 aliphatic carbocycles. The summed E-state index contributed by atoms with van der Waals surface area (Å²) in [5.74, 6) is 0.842. The lowest BCUT2D eigenvalue weighted by Crippen LogP contribution is -2.00. The molecule has 0 fully saturated rings. The third-order valence-corrected chi connectivity index (χ3v) is 2.90. The quantitative estimate of drug-likeness (QED) is 0.659. The van der Waals surface area contributed by atoms with E-state index in [4.69, 9.17) is 0 Å². The van der Waals surface area contributed by atoms with Crippen molar-refractivity contribution in [2.45, 2.75) is 46.0 Å². The maximum Gasteiger partial charge on any atom is 0.133 e. The summed E-state index contributed by atoms with van der Waals surface area (Å²) in [5, 5.41) is 0.